The summed E-state index contributed by atoms with van der Waals surface area (Å²) in [6.45, 7) is 4.51. The number of aliphatic hydroxyl groups is 1. The molecule has 0 aromatic heterocycles. The predicted molar refractivity (Wildman–Crippen MR) is 61.4 cm³/mol. The number of hydrogen-bond acceptors (Lipinski definition) is 1. The van der Waals surface area contributed by atoms with Crippen LogP contribution in [-0.2, 0) is 0 Å². The molecule has 0 spiro atoms. The van der Waals surface area contributed by atoms with Gasteiger partial charge in [0.2, 0.25) is 0 Å². The third-order valence-electron chi connectivity index (χ3n) is 5.20. The molecule has 0 amide bonds. The van der Waals surface area contributed by atoms with Crippen molar-refractivity contribution in [2.45, 2.75) is 52.1 Å². The van der Waals surface area contributed by atoms with Crippen molar-refractivity contribution >= 4 is 0 Å². The zero-order valence-electron chi connectivity index (χ0n) is 9.87. The molecule has 0 unspecified atom stereocenters. The standard InChI is InChI=1S/C14H22O/c1-8(2)12-6-9-7-13(12)11-5-3-4-10(9)14(11)15/h9-11,13-15H,3-7H2,1-2H3/t9-,10+,11-,13+,14-/m1/s1. The quantitative estimate of drug-likeness (QED) is 0.604. The summed E-state index contributed by atoms with van der Waals surface area (Å²) in [5.74, 6) is 2.79. The van der Waals surface area contributed by atoms with Gasteiger partial charge in [-0.15, -0.1) is 0 Å². The molecule has 0 radical (unpaired) electrons. The molecule has 0 aliphatic heterocycles. The molecular weight excluding hydrogens is 184 g/mol. The molecule has 0 heterocycles. The summed E-state index contributed by atoms with van der Waals surface area (Å²) in [5.41, 5.74) is 3.23. The number of rotatable bonds is 0. The SMILES string of the molecule is CC(C)=C1C[C@@H]2C[C@H]1[C@H]1CCC[C@@H]2[C@H]1O. The average molecular weight is 206 g/mol. The van der Waals surface area contributed by atoms with E-state index in [0.717, 1.165) is 11.8 Å². The molecular formula is C14H22O. The molecule has 1 heteroatoms. The summed E-state index contributed by atoms with van der Waals surface area (Å²) in [4.78, 5) is 0. The van der Waals surface area contributed by atoms with Crippen molar-refractivity contribution in [1.29, 1.82) is 0 Å². The summed E-state index contributed by atoms with van der Waals surface area (Å²) in [5, 5.41) is 10.3. The van der Waals surface area contributed by atoms with Crippen LogP contribution in [0.5, 0.6) is 0 Å². The van der Waals surface area contributed by atoms with E-state index in [0.29, 0.717) is 11.8 Å². The van der Waals surface area contributed by atoms with Crippen LogP contribution in [0, 0.1) is 23.7 Å². The van der Waals surface area contributed by atoms with E-state index in [1.54, 1.807) is 5.57 Å². The Hall–Kier alpha value is -0.300. The van der Waals surface area contributed by atoms with Crippen LogP contribution >= 0.6 is 0 Å². The number of aliphatic hydroxyl groups excluding tert-OH is 1. The smallest absolute Gasteiger partial charge is 0.0605 e. The van der Waals surface area contributed by atoms with E-state index >= 15 is 0 Å². The highest BCUT2D eigenvalue weighted by atomic mass is 16.3. The summed E-state index contributed by atoms with van der Waals surface area (Å²) in [6, 6.07) is 0. The highest BCUT2D eigenvalue weighted by Gasteiger charge is 2.51. The number of hydrogen-bond donors (Lipinski definition) is 1. The van der Waals surface area contributed by atoms with Gasteiger partial charge in [-0.3, -0.25) is 0 Å². The van der Waals surface area contributed by atoms with Crippen LogP contribution in [0.2, 0.25) is 0 Å². The van der Waals surface area contributed by atoms with E-state index in [2.05, 4.69) is 13.8 Å². The predicted octanol–water partition coefficient (Wildman–Crippen LogP) is 3.14. The van der Waals surface area contributed by atoms with Crippen molar-refractivity contribution in [3.8, 4) is 0 Å². The molecule has 5 atom stereocenters. The minimum atomic E-state index is 0.0272. The van der Waals surface area contributed by atoms with Gasteiger partial charge in [0, 0.05) is 0 Å². The first-order chi connectivity index (χ1) is 7.18. The third kappa shape index (κ3) is 1.32. The maximum atomic E-state index is 10.3. The zero-order valence-corrected chi connectivity index (χ0v) is 9.87. The van der Waals surface area contributed by atoms with E-state index in [4.69, 9.17) is 0 Å². The lowest BCUT2D eigenvalue weighted by Gasteiger charge is -2.44. The van der Waals surface area contributed by atoms with Gasteiger partial charge in [-0.25, -0.2) is 0 Å². The lowest BCUT2D eigenvalue weighted by atomic mass is 9.64. The largest absolute Gasteiger partial charge is 0.393 e. The van der Waals surface area contributed by atoms with Crippen molar-refractivity contribution < 1.29 is 5.11 Å². The first-order valence-electron chi connectivity index (χ1n) is 6.53. The van der Waals surface area contributed by atoms with E-state index in [1.807, 2.05) is 0 Å². The molecule has 1 N–H and O–H groups in total. The van der Waals surface area contributed by atoms with Gasteiger partial charge in [-0.1, -0.05) is 17.6 Å². The van der Waals surface area contributed by atoms with Gasteiger partial charge in [0.25, 0.3) is 0 Å². The Morgan fingerprint density at radius 1 is 1.20 bits per heavy atom. The topological polar surface area (TPSA) is 20.2 Å². The van der Waals surface area contributed by atoms with E-state index in [-0.39, 0.29) is 6.10 Å². The van der Waals surface area contributed by atoms with E-state index in [9.17, 15) is 5.11 Å². The Labute approximate surface area is 92.6 Å². The van der Waals surface area contributed by atoms with Crippen LogP contribution in [-0.4, -0.2) is 11.2 Å². The second-order valence-corrected chi connectivity index (χ2v) is 6.08. The van der Waals surface area contributed by atoms with Crippen molar-refractivity contribution in [3.63, 3.8) is 0 Å². The highest BCUT2D eigenvalue weighted by Crippen LogP contribution is 2.56. The minimum absolute atomic E-state index is 0.0272. The van der Waals surface area contributed by atoms with E-state index < -0.39 is 0 Å². The highest BCUT2D eigenvalue weighted by molar-refractivity contribution is 5.24. The third-order valence-corrected chi connectivity index (χ3v) is 5.20. The lowest BCUT2D eigenvalue weighted by Crippen LogP contribution is -2.43. The van der Waals surface area contributed by atoms with Gasteiger partial charge in [-0.05, 0) is 63.2 Å². The Balaban J connectivity index is 1.99. The molecule has 0 aromatic rings. The monoisotopic (exact) mass is 206 g/mol. The van der Waals surface area contributed by atoms with Crippen LogP contribution < -0.4 is 0 Å². The van der Waals surface area contributed by atoms with Gasteiger partial charge in [0.1, 0.15) is 0 Å². The maximum Gasteiger partial charge on any atom is 0.0605 e. The fraction of sp³-hybridized carbons (Fsp3) is 0.857. The summed E-state index contributed by atoms with van der Waals surface area (Å²) in [7, 11) is 0. The molecule has 3 aliphatic rings. The average Bonchev–Trinajstić information content (AvgIpc) is 2.57. The Kier molecular flexibility index (Phi) is 2.21. The van der Waals surface area contributed by atoms with Crippen LogP contribution in [0.4, 0.5) is 0 Å². The van der Waals surface area contributed by atoms with Crippen LogP contribution in [0.15, 0.2) is 11.1 Å². The van der Waals surface area contributed by atoms with Crippen molar-refractivity contribution in [2.75, 3.05) is 0 Å². The fourth-order valence-corrected chi connectivity index (χ4v) is 4.52. The van der Waals surface area contributed by atoms with Crippen LogP contribution in [0.25, 0.3) is 0 Å². The molecule has 3 fully saturated rings. The molecule has 3 rings (SSSR count). The normalized spacial score (nSPS) is 48.2. The summed E-state index contributed by atoms with van der Waals surface area (Å²) < 4.78 is 0. The fourth-order valence-electron chi connectivity index (χ4n) is 4.52. The van der Waals surface area contributed by atoms with Crippen LogP contribution in [0.1, 0.15) is 46.0 Å². The van der Waals surface area contributed by atoms with Gasteiger partial charge >= 0.3 is 0 Å². The molecule has 84 valence electrons. The Morgan fingerprint density at radius 3 is 2.67 bits per heavy atom. The molecule has 0 aromatic carbocycles. The van der Waals surface area contributed by atoms with Crippen molar-refractivity contribution in [3.05, 3.63) is 11.1 Å². The zero-order chi connectivity index (χ0) is 10.6. The Morgan fingerprint density at radius 2 is 1.93 bits per heavy atom. The Bertz CT molecular complexity index is 300. The van der Waals surface area contributed by atoms with Crippen molar-refractivity contribution in [2.24, 2.45) is 23.7 Å². The van der Waals surface area contributed by atoms with Crippen molar-refractivity contribution in [1.82, 2.24) is 0 Å². The minimum Gasteiger partial charge on any atom is -0.393 e. The molecule has 3 aliphatic carbocycles. The summed E-state index contributed by atoms with van der Waals surface area (Å²) >= 11 is 0. The lowest BCUT2D eigenvalue weighted by molar-refractivity contribution is -0.0484. The van der Waals surface area contributed by atoms with E-state index in [1.165, 1.54) is 37.7 Å². The number of fused-ring (bicyclic) bond motifs is 6. The van der Waals surface area contributed by atoms with Gasteiger partial charge in [0.05, 0.1) is 6.10 Å². The first kappa shape index (κ1) is 9.89. The molecule has 3 saturated carbocycles. The molecule has 1 nitrogen and oxygen atoms in total. The molecule has 15 heavy (non-hydrogen) atoms. The first-order valence-corrected chi connectivity index (χ1v) is 6.53. The second-order valence-electron chi connectivity index (χ2n) is 6.08. The molecule has 4 bridgehead atoms. The van der Waals surface area contributed by atoms with Gasteiger partial charge in [-0.2, -0.15) is 0 Å². The summed E-state index contributed by atoms with van der Waals surface area (Å²) in [6.07, 6.45) is 6.61. The number of allylic oxidation sites excluding steroid dienone is 2. The maximum absolute atomic E-state index is 10.3. The van der Waals surface area contributed by atoms with Gasteiger partial charge < -0.3 is 5.11 Å². The second kappa shape index (κ2) is 3.35. The van der Waals surface area contributed by atoms with Gasteiger partial charge in [0.15, 0.2) is 0 Å². The molecule has 0 saturated heterocycles. The van der Waals surface area contributed by atoms with Crippen LogP contribution in [0.3, 0.4) is 0 Å².